The average molecular weight is 254 g/mol. The van der Waals surface area contributed by atoms with Crippen LogP contribution in [0.2, 0.25) is 5.02 Å². The Bertz CT molecular complexity index is 376. The highest BCUT2D eigenvalue weighted by atomic mass is 35.5. The Labute approximate surface area is 108 Å². The van der Waals surface area contributed by atoms with Gasteiger partial charge >= 0.3 is 0 Å². The van der Waals surface area contributed by atoms with Crippen molar-refractivity contribution in [3.8, 4) is 5.75 Å². The molecule has 1 N–H and O–H groups in total. The van der Waals surface area contributed by atoms with E-state index in [1.165, 1.54) is 12.8 Å². The SMILES string of the molecule is CCNC(COc1ccc(C)cc1Cl)C1CC1. The molecule has 1 aliphatic carbocycles. The maximum absolute atomic E-state index is 6.14. The zero-order valence-electron chi connectivity index (χ0n) is 10.5. The molecule has 0 heterocycles. The predicted octanol–water partition coefficient (Wildman–Crippen LogP) is 3.42. The molecule has 0 aliphatic heterocycles. The Morgan fingerprint density at radius 3 is 2.82 bits per heavy atom. The van der Waals surface area contributed by atoms with Gasteiger partial charge in [0.1, 0.15) is 12.4 Å². The van der Waals surface area contributed by atoms with E-state index in [1.54, 1.807) is 0 Å². The van der Waals surface area contributed by atoms with E-state index in [4.69, 9.17) is 16.3 Å². The molecular weight excluding hydrogens is 234 g/mol. The van der Waals surface area contributed by atoms with Crippen molar-refractivity contribution in [2.45, 2.75) is 32.7 Å². The Kier molecular flexibility index (Phi) is 4.30. The fourth-order valence-corrected chi connectivity index (χ4v) is 2.31. The topological polar surface area (TPSA) is 21.3 Å². The molecule has 1 fully saturated rings. The van der Waals surface area contributed by atoms with E-state index in [0.717, 1.165) is 23.8 Å². The van der Waals surface area contributed by atoms with Gasteiger partial charge in [0.2, 0.25) is 0 Å². The van der Waals surface area contributed by atoms with E-state index >= 15 is 0 Å². The van der Waals surface area contributed by atoms with Crippen molar-refractivity contribution in [2.24, 2.45) is 5.92 Å². The van der Waals surface area contributed by atoms with Crippen molar-refractivity contribution in [2.75, 3.05) is 13.2 Å². The summed E-state index contributed by atoms with van der Waals surface area (Å²) in [7, 11) is 0. The predicted molar refractivity (Wildman–Crippen MR) is 71.9 cm³/mol. The number of ether oxygens (including phenoxy) is 1. The van der Waals surface area contributed by atoms with Gasteiger partial charge in [0.15, 0.2) is 0 Å². The molecule has 1 aromatic rings. The van der Waals surface area contributed by atoms with E-state index in [2.05, 4.69) is 12.2 Å². The third-order valence-electron chi connectivity index (χ3n) is 3.16. The lowest BCUT2D eigenvalue weighted by Gasteiger charge is -2.18. The fourth-order valence-electron chi connectivity index (χ4n) is 2.02. The highest BCUT2D eigenvalue weighted by Gasteiger charge is 2.31. The number of nitrogens with one attached hydrogen (secondary N) is 1. The number of hydrogen-bond acceptors (Lipinski definition) is 2. The second-order valence-electron chi connectivity index (χ2n) is 4.75. The number of likely N-dealkylation sites (N-methyl/N-ethyl adjacent to an activating group) is 1. The number of aryl methyl sites for hydroxylation is 1. The summed E-state index contributed by atoms with van der Waals surface area (Å²) in [5, 5.41) is 4.18. The van der Waals surface area contributed by atoms with Crippen LogP contribution in [-0.2, 0) is 0 Å². The van der Waals surface area contributed by atoms with Gasteiger partial charge in [-0.25, -0.2) is 0 Å². The van der Waals surface area contributed by atoms with Crippen LogP contribution in [0.3, 0.4) is 0 Å². The van der Waals surface area contributed by atoms with Crippen molar-refractivity contribution >= 4 is 11.6 Å². The summed E-state index contributed by atoms with van der Waals surface area (Å²) in [6.07, 6.45) is 2.64. The summed E-state index contributed by atoms with van der Waals surface area (Å²) >= 11 is 6.14. The van der Waals surface area contributed by atoms with Gasteiger partial charge in [-0.2, -0.15) is 0 Å². The van der Waals surface area contributed by atoms with Gasteiger partial charge in [0.05, 0.1) is 5.02 Å². The second kappa shape index (κ2) is 5.74. The number of hydrogen-bond donors (Lipinski definition) is 1. The Hall–Kier alpha value is -0.730. The minimum absolute atomic E-state index is 0.470. The molecule has 0 spiro atoms. The molecule has 2 rings (SSSR count). The second-order valence-corrected chi connectivity index (χ2v) is 5.15. The first-order valence-electron chi connectivity index (χ1n) is 6.33. The zero-order chi connectivity index (χ0) is 12.3. The van der Waals surface area contributed by atoms with Gasteiger partial charge in [0.25, 0.3) is 0 Å². The third-order valence-corrected chi connectivity index (χ3v) is 3.46. The lowest BCUT2D eigenvalue weighted by atomic mass is 10.2. The van der Waals surface area contributed by atoms with Gasteiger partial charge in [-0.1, -0.05) is 24.6 Å². The maximum Gasteiger partial charge on any atom is 0.137 e. The lowest BCUT2D eigenvalue weighted by Crippen LogP contribution is -2.36. The van der Waals surface area contributed by atoms with Crippen LogP contribution < -0.4 is 10.1 Å². The normalized spacial score (nSPS) is 16.9. The van der Waals surface area contributed by atoms with E-state index < -0.39 is 0 Å². The first-order valence-corrected chi connectivity index (χ1v) is 6.71. The standard InChI is InChI=1S/C14H20ClNO/c1-3-16-13(11-5-6-11)9-17-14-7-4-10(2)8-12(14)15/h4,7-8,11,13,16H,3,5-6,9H2,1-2H3. The molecule has 0 aromatic heterocycles. The summed E-state index contributed by atoms with van der Waals surface area (Å²) in [6, 6.07) is 6.39. The summed E-state index contributed by atoms with van der Waals surface area (Å²) < 4.78 is 5.81. The molecule has 0 radical (unpaired) electrons. The van der Waals surface area contributed by atoms with Gasteiger partial charge in [-0.05, 0) is 49.9 Å². The van der Waals surface area contributed by atoms with Crippen LogP contribution in [0.1, 0.15) is 25.3 Å². The number of benzene rings is 1. The molecule has 1 unspecified atom stereocenters. The van der Waals surface area contributed by atoms with E-state index in [-0.39, 0.29) is 0 Å². The van der Waals surface area contributed by atoms with Crippen LogP contribution in [0.25, 0.3) is 0 Å². The quantitative estimate of drug-likeness (QED) is 0.839. The Morgan fingerprint density at radius 2 is 2.24 bits per heavy atom. The average Bonchev–Trinajstić information content (AvgIpc) is 3.10. The van der Waals surface area contributed by atoms with Gasteiger partial charge in [-0.15, -0.1) is 0 Å². The largest absolute Gasteiger partial charge is 0.490 e. The molecular formula is C14H20ClNO. The van der Waals surface area contributed by atoms with Crippen LogP contribution in [0.15, 0.2) is 18.2 Å². The van der Waals surface area contributed by atoms with E-state index in [9.17, 15) is 0 Å². The maximum atomic E-state index is 6.14. The molecule has 0 saturated heterocycles. The molecule has 0 bridgehead atoms. The molecule has 1 saturated carbocycles. The molecule has 1 atom stereocenters. The number of halogens is 1. The lowest BCUT2D eigenvalue weighted by molar-refractivity contribution is 0.251. The van der Waals surface area contributed by atoms with Crippen LogP contribution in [0.5, 0.6) is 5.75 Å². The smallest absolute Gasteiger partial charge is 0.137 e. The highest BCUT2D eigenvalue weighted by Crippen LogP contribution is 2.33. The first kappa shape index (κ1) is 12.7. The monoisotopic (exact) mass is 253 g/mol. The molecule has 0 amide bonds. The van der Waals surface area contributed by atoms with E-state index in [0.29, 0.717) is 17.7 Å². The van der Waals surface area contributed by atoms with Crippen molar-refractivity contribution in [1.82, 2.24) is 5.32 Å². The summed E-state index contributed by atoms with van der Waals surface area (Å²) in [5.74, 6) is 1.58. The van der Waals surface area contributed by atoms with E-state index in [1.807, 2.05) is 25.1 Å². The van der Waals surface area contributed by atoms with Crippen molar-refractivity contribution < 1.29 is 4.74 Å². The Balaban J connectivity index is 1.91. The molecule has 3 heteroatoms. The minimum atomic E-state index is 0.470. The molecule has 1 aromatic carbocycles. The summed E-state index contributed by atoms with van der Waals surface area (Å²) in [5.41, 5.74) is 1.16. The molecule has 94 valence electrons. The number of rotatable bonds is 6. The Morgan fingerprint density at radius 1 is 1.47 bits per heavy atom. The van der Waals surface area contributed by atoms with Crippen LogP contribution in [0.4, 0.5) is 0 Å². The minimum Gasteiger partial charge on any atom is -0.490 e. The first-order chi connectivity index (χ1) is 8.20. The molecule has 1 aliphatic rings. The molecule has 2 nitrogen and oxygen atoms in total. The van der Waals surface area contributed by atoms with Crippen molar-refractivity contribution in [3.05, 3.63) is 28.8 Å². The van der Waals surface area contributed by atoms with Crippen LogP contribution in [0, 0.1) is 12.8 Å². The fraction of sp³-hybridized carbons (Fsp3) is 0.571. The summed E-state index contributed by atoms with van der Waals surface area (Å²) in [4.78, 5) is 0. The summed E-state index contributed by atoms with van der Waals surface area (Å²) in [6.45, 7) is 5.86. The van der Waals surface area contributed by atoms with Crippen molar-refractivity contribution in [3.63, 3.8) is 0 Å². The highest BCUT2D eigenvalue weighted by molar-refractivity contribution is 6.32. The molecule has 17 heavy (non-hydrogen) atoms. The third kappa shape index (κ3) is 3.62. The van der Waals surface area contributed by atoms with Crippen molar-refractivity contribution in [1.29, 1.82) is 0 Å². The zero-order valence-corrected chi connectivity index (χ0v) is 11.3. The van der Waals surface area contributed by atoms with Crippen LogP contribution in [-0.4, -0.2) is 19.2 Å². The van der Waals surface area contributed by atoms with Crippen LogP contribution >= 0.6 is 11.6 Å². The van der Waals surface area contributed by atoms with Gasteiger partial charge in [0, 0.05) is 6.04 Å². The van der Waals surface area contributed by atoms with Gasteiger partial charge < -0.3 is 10.1 Å². The van der Waals surface area contributed by atoms with Gasteiger partial charge in [-0.3, -0.25) is 0 Å².